The van der Waals surface area contributed by atoms with Crippen LogP contribution in [0.4, 0.5) is 0 Å². The fraction of sp³-hybridized carbons (Fsp3) is 0.484. The summed E-state index contributed by atoms with van der Waals surface area (Å²) in [6, 6.07) is 18.2. The van der Waals surface area contributed by atoms with E-state index in [9.17, 15) is 14.7 Å². The molecule has 0 bridgehead atoms. The summed E-state index contributed by atoms with van der Waals surface area (Å²) in [5, 5.41) is 9.98. The molecule has 1 aliphatic carbocycles. The topological polar surface area (TPSA) is 76.1 Å². The highest BCUT2D eigenvalue weighted by molar-refractivity contribution is 6.00. The van der Waals surface area contributed by atoms with E-state index in [4.69, 9.17) is 9.47 Å². The number of rotatable bonds is 11. The van der Waals surface area contributed by atoms with Crippen LogP contribution >= 0.6 is 0 Å². The van der Waals surface area contributed by atoms with Gasteiger partial charge in [0.2, 0.25) is 0 Å². The van der Waals surface area contributed by atoms with Crippen molar-refractivity contribution in [2.75, 3.05) is 26.3 Å². The third-order valence-electron chi connectivity index (χ3n) is 7.58. The van der Waals surface area contributed by atoms with Gasteiger partial charge in [0.05, 0.1) is 18.8 Å². The zero-order valence-electron chi connectivity index (χ0n) is 21.9. The molecule has 0 aromatic heterocycles. The van der Waals surface area contributed by atoms with Gasteiger partial charge in [0.15, 0.2) is 0 Å². The summed E-state index contributed by atoms with van der Waals surface area (Å²) in [7, 11) is 0. The highest BCUT2D eigenvalue weighted by Gasteiger charge is 2.36. The molecule has 2 aromatic carbocycles. The minimum Gasteiger partial charge on any atom is -0.493 e. The minimum absolute atomic E-state index is 0.197. The summed E-state index contributed by atoms with van der Waals surface area (Å²) in [6.07, 6.45) is 6.56. The molecule has 6 nitrogen and oxygen atoms in total. The lowest BCUT2D eigenvalue weighted by molar-refractivity contribution is -0.141. The van der Waals surface area contributed by atoms with E-state index < -0.39 is 11.9 Å². The second-order valence-electron chi connectivity index (χ2n) is 10.3. The Balaban J connectivity index is 1.28. The van der Waals surface area contributed by atoms with E-state index in [1.165, 1.54) is 5.56 Å². The highest BCUT2D eigenvalue weighted by Crippen LogP contribution is 2.32. The van der Waals surface area contributed by atoms with Crippen molar-refractivity contribution in [1.82, 2.24) is 4.90 Å². The number of carbonyl (C=O) groups is 2. The smallest absolute Gasteiger partial charge is 0.334 e. The quantitative estimate of drug-likeness (QED) is 0.323. The summed E-state index contributed by atoms with van der Waals surface area (Å²) in [6.45, 7) is 4.63. The second-order valence-corrected chi connectivity index (χ2v) is 10.3. The van der Waals surface area contributed by atoms with Gasteiger partial charge in [-0.05, 0) is 81.1 Å². The number of hydrogen-bond donors (Lipinski definition) is 1. The fourth-order valence-electron chi connectivity index (χ4n) is 5.41. The van der Waals surface area contributed by atoms with E-state index in [2.05, 4.69) is 42.2 Å². The maximum absolute atomic E-state index is 12.9. The Kier molecular flexibility index (Phi) is 9.78. The molecule has 1 atom stereocenters. The third kappa shape index (κ3) is 7.45. The summed E-state index contributed by atoms with van der Waals surface area (Å²) < 4.78 is 11.5. The van der Waals surface area contributed by atoms with Gasteiger partial charge in [-0.15, -0.1) is 0 Å². The molecule has 6 heteroatoms. The lowest BCUT2D eigenvalue weighted by Gasteiger charge is -2.39. The number of nitrogens with zero attached hydrogens (tertiary/aromatic N) is 1. The van der Waals surface area contributed by atoms with Crippen molar-refractivity contribution in [3.63, 3.8) is 0 Å². The minimum atomic E-state index is -0.995. The van der Waals surface area contributed by atoms with Crippen LogP contribution in [0.15, 0.2) is 65.7 Å². The number of carboxylic acids is 1. The van der Waals surface area contributed by atoms with Crippen molar-refractivity contribution in [3.8, 4) is 5.75 Å². The number of likely N-dealkylation sites (tertiary alicyclic amines) is 1. The molecule has 1 heterocycles. The van der Waals surface area contributed by atoms with Gasteiger partial charge < -0.3 is 14.6 Å². The Bertz CT molecular complexity index is 1070. The molecule has 2 aliphatic rings. The number of piperidine rings is 1. The van der Waals surface area contributed by atoms with Gasteiger partial charge in [-0.25, -0.2) is 9.59 Å². The van der Waals surface area contributed by atoms with Crippen LogP contribution < -0.4 is 4.74 Å². The molecule has 2 aromatic rings. The van der Waals surface area contributed by atoms with E-state index in [1.807, 2.05) is 24.3 Å². The molecule has 198 valence electrons. The van der Waals surface area contributed by atoms with E-state index in [0.717, 1.165) is 62.9 Å². The summed E-state index contributed by atoms with van der Waals surface area (Å²) in [5.41, 5.74) is 3.03. The van der Waals surface area contributed by atoms with Crippen LogP contribution in [0.1, 0.15) is 56.6 Å². The Morgan fingerprint density at radius 1 is 0.946 bits per heavy atom. The van der Waals surface area contributed by atoms with Crippen LogP contribution in [0, 0.1) is 5.92 Å². The molecule has 1 fully saturated rings. The first-order valence-electron chi connectivity index (χ1n) is 13.6. The van der Waals surface area contributed by atoms with Crippen molar-refractivity contribution in [2.24, 2.45) is 5.92 Å². The van der Waals surface area contributed by atoms with Crippen LogP contribution in [0.25, 0.3) is 0 Å². The summed E-state index contributed by atoms with van der Waals surface area (Å²) >= 11 is 0. The number of hydrogen-bond acceptors (Lipinski definition) is 5. The van der Waals surface area contributed by atoms with Gasteiger partial charge in [-0.1, -0.05) is 55.5 Å². The van der Waals surface area contributed by atoms with Gasteiger partial charge >= 0.3 is 11.9 Å². The molecule has 0 spiro atoms. The average molecular weight is 506 g/mol. The number of benzene rings is 2. The van der Waals surface area contributed by atoms with E-state index in [0.29, 0.717) is 30.9 Å². The molecule has 1 N–H and O–H groups in total. The predicted molar refractivity (Wildman–Crippen MR) is 144 cm³/mol. The summed E-state index contributed by atoms with van der Waals surface area (Å²) in [4.78, 5) is 27.3. The molecule has 1 aliphatic heterocycles. The third-order valence-corrected chi connectivity index (χ3v) is 7.58. The van der Waals surface area contributed by atoms with Crippen LogP contribution in [0.2, 0.25) is 0 Å². The first-order valence-corrected chi connectivity index (χ1v) is 13.6. The Morgan fingerprint density at radius 2 is 1.68 bits per heavy atom. The average Bonchev–Trinajstić information content (AvgIpc) is 2.92. The Morgan fingerprint density at radius 3 is 2.43 bits per heavy atom. The van der Waals surface area contributed by atoms with Crippen molar-refractivity contribution >= 4 is 11.9 Å². The number of carboxylic acid groups (broad SMARTS) is 1. The number of para-hydroxylation sites is 1. The van der Waals surface area contributed by atoms with Gasteiger partial charge in [0, 0.05) is 18.0 Å². The molecule has 4 rings (SSSR count). The highest BCUT2D eigenvalue weighted by atomic mass is 16.5. The molecular weight excluding hydrogens is 466 g/mol. The number of aryl methyl sites for hydroxylation is 2. The normalized spacial score (nSPS) is 19.0. The zero-order valence-corrected chi connectivity index (χ0v) is 21.9. The van der Waals surface area contributed by atoms with E-state index >= 15 is 0 Å². The molecule has 37 heavy (non-hydrogen) atoms. The maximum Gasteiger partial charge on any atom is 0.334 e. The lowest BCUT2D eigenvalue weighted by Crippen LogP contribution is -2.45. The Hall–Kier alpha value is -3.12. The van der Waals surface area contributed by atoms with Crippen LogP contribution in [-0.4, -0.2) is 54.3 Å². The first kappa shape index (κ1) is 26.9. The fourth-order valence-corrected chi connectivity index (χ4v) is 5.41. The van der Waals surface area contributed by atoms with Crippen LogP contribution in [-0.2, 0) is 27.2 Å². The molecule has 1 saturated heterocycles. The number of ether oxygens (including phenoxy) is 2. The van der Waals surface area contributed by atoms with Crippen molar-refractivity contribution in [1.29, 1.82) is 0 Å². The van der Waals surface area contributed by atoms with Crippen molar-refractivity contribution in [2.45, 2.75) is 64.3 Å². The molecule has 0 amide bonds. The maximum atomic E-state index is 12.9. The first-order chi connectivity index (χ1) is 18.0. The van der Waals surface area contributed by atoms with Crippen LogP contribution in [0.5, 0.6) is 5.75 Å². The van der Waals surface area contributed by atoms with Gasteiger partial charge in [-0.2, -0.15) is 0 Å². The predicted octanol–water partition coefficient (Wildman–Crippen LogP) is 5.45. The van der Waals surface area contributed by atoms with E-state index in [1.54, 1.807) is 0 Å². The van der Waals surface area contributed by atoms with Crippen molar-refractivity contribution < 1.29 is 24.2 Å². The lowest BCUT2D eigenvalue weighted by atomic mass is 9.85. The zero-order chi connectivity index (χ0) is 26.0. The molecule has 1 unspecified atom stereocenters. The van der Waals surface area contributed by atoms with E-state index in [-0.39, 0.29) is 18.2 Å². The van der Waals surface area contributed by atoms with Crippen LogP contribution in [0.3, 0.4) is 0 Å². The monoisotopic (exact) mass is 505 g/mol. The standard InChI is InChI=1S/C31H39NO5/c1-23-17-19-32(20-18-23)27-13-7-12-26(29(27)30(33)34)31(35)37-22-8-21-36-28-14-6-5-11-25(28)16-15-24-9-3-2-4-10-24/h2-6,9-11,14,23,27H,7-8,12-13,15-22H2,1H3,(H,33,34). The summed E-state index contributed by atoms with van der Waals surface area (Å²) in [5.74, 6) is 0.0348. The van der Waals surface area contributed by atoms with Gasteiger partial charge in [0.1, 0.15) is 5.75 Å². The number of carbonyl (C=O) groups excluding carboxylic acids is 1. The molecule has 0 radical (unpaired) electrons. The number of esters is 1. The second kappa shape index (κ2) is 13.4. The molecule has 0 saturated carbocycles. The Labute approximate surface area is 220 Å². The van der Waals surface area contributed by atoms with Gasteiger partial charge in [0.25, 0.3) is 0 Å². The van der Waals surface area contributed by atoms with Gasteiger partial charge in [-0.3, -0.25) is 4.90 Å². The van der Waals surface area contributed by atoms with Crippen molar-refractivity contribution in [3.05, 3.63) is 76.9 Å². The molecular formula is C31H39NO5. The number of aliphatic carboxylic acids is 1. The SMILES string of the molecule is CC1CCN(C2CCCC(C(=O)OCCCOc3ccccc3CCc3ccccc3)=C2C(=O)O)CC1. The largest absolute Gasteiger partial charge is 0.493 e.